The van der Waals surface area contributed by atoms with E-state index >= 15 is 0 Å². The van der Waals surface area contributed by atoms with E-state index in [1.807, 2.05) is 0 Å². The highest BCUT2D eigenvalue weighted by Crippen LogP contribution is 2.23. The molecule has 1 aromatic heterocycles. The quantitative estimate of drug-likeness (QED) is 0.672. The number of pyridine rings is 1. The third kappa shape index (κ3) is 5.48. The second kappa shape index (κ2) is 9.13. The van der Waals surface area contributed by atoms with E-state index in [1.54, 1.807) is 55.1 Å². The van der Waals surface area contributed by atoms with Crippen molar-refractivity contribution >= 4 is 46.6 Å². The van der Waals surface area contributed by atoms with Crippen molar-refractivity contribution in [3.63, 3.8) is 0 Å². The number of nitrogens with one attached hydrogen (secondary N) is 3. The molecule has 0 saturated carbocycles. The maximum absolute atomic E-state index is 12.7. The Morgan fingerprint density at radius 1 is 1.07 bits per heavy atom. The average molecular weight is 430 g/mol. The fraction of sp³-hybridized carbons (Fsp3) is 0.333. The van der Waals surface area contributed by atoms with Crippen LogP contribution < -0.4 is 20.9 Å². The molecule has 3 N–H and O–H groups in total. The van der Waals surface area contributed by atoms with Crippen molar-refractivity contribution in [3.05, 3.63) is 47.6 Å². The Bertz CT molecular complexity index is 929. The monoisotopic (exact) mass is 429 g/mol. The molecule has 0 radical (unpaired) electrons. The third-order valence-electron chi connectivity index (χ3n) is 4.72. The van der Waals surface area contributed by atoms with Gasteiger partial charge in [0.25, 0.3) is 0 Å². The van der Waals surface area contributed by atoms with Gasteiger partial charge in [0, 0.05) is 30.5 Å². The van der Waals surface area contributed by atoms with Crippen LogP contribution in [0.1, 0.15) is 33.1 Å². The number of benzene rings is 1. The molecular formula is C21H24ClN5O3. The van der Waals surface area contributed by atoms with Crippen molar-refractivity contribution in [2.45, 2.75) is 38.6 Å². The Morgan fingerprint density at radius 2 is 1.80 bits per heavy atom. The van der Waals surface area contributed by atoms with Crippen molar-refractivity contribution in [2.75, 3.05) is 22.1 Å². The molecule has 0 unspecified atom stereocenters. The smallest absolute Gasteiger partial charge is 0.321 e. The van der Waals surface area contributed by atoms with E-state index in [-0.39, 0.29) is 11.8 Å². The van der Waals surface area contributed by atoms with Crippen molar-refractivity contribution in [1.29, 1.82) is 0 Å². The number of amides is 4. The van der Waals surface area contributed by atoms with E-state index in [0.717, 1.165) is 18.5 Å². The highest BCUT2D eigenvalue weighted by atomic mass is 35.5. The second-order valence-electron chi connectivity index (χ2n) is 7.57. The molecule has 158 valence electrons. The number of hydrogen-bond acceptors (Lipinski definition) is 4. The number of carbonyl (C=O) groups excluding carboxylic acids is 3. The minimum Gasteiger partial charge on any atom is -0.324 e. The van der Waals surface area contributed by atoms with Gasteiger partial charge in [0.05, 0.1) is 5.02 Å². The van der Waals surface area contributed by atoms with Gasteiger partial charge in [0.15, 0.2) is 0 Å². The van der Waals surface area contributed by atoms with Gasteiger partial charge in [-0.1, -0.05) is 11.6 Å². The first-order chi connectivity index (χ1) is 14.2. The molecule has 9 heteroatoms. The van der Waals surface area contributed by atoms with Crippen LogP contribution in [0, 0.1) is 0 Å². The second-order valence-corrected chi connectivity index (χ2v) is 8.01. The van der Waals surface area contributed by atoms with E-state index < -0.39 is 11.6 Å². The zero-order chi connectivity index (χ0) is 21.7. The van der Waals surface area contributed by atoms with Gasteiger partial charge in [-0.3, -0.25) is 14.9 Å². The van der Waals surface area contributed by atoms with Crippen molar-refractivity contribution in [2.24, 2.45) is 0 Å². The van der Waals surface area contributed by atoms with Gasteiger partial charge in [-0.05, 0) is 63.1 Å². The molecule has 1 fully saturated rings. The molecular weight excluding hydrogens is 406 g/mol. The molecule has 8 nitrogen and oxygen atoms in total. The molecule has 1 aliphatic heterocycles. The zero-order valence-corrected chi connectivity index (χ0v) is 17.6. The molecule has 1 aromatic carbocycles. The summed E-state index contributed by atoms with van der Waals surface area (Å²) in [6, 6.07) is 9.68. The van der Waals surface area contributed by atoms with Crippen LogP contribution in [0.2, 0.25) is 5.02 Å². The number of rotatable bonds is 5. The topological polar surface area (TPSA) is 103 Å². The molecule has 0 bridgehead atoms. The molecule has 0 spiro atoms. The van der Waals surface area contributed by atoms with Crippen LogP contribution in [0.4, 0.5) is 22.0 Å². The van der Waals surface area contributed by atoms with E-state index in [2.05, 4.69) is 20.9 Å². The molecule has 2 aromatic rings. The van der Waals surface area contributed by atoms with Crippen LogP contribution in [-0.4, -0.2) is 34.9 Å². The van der Waals surface area contributed by atoms with Crippen LogP contribution in [0.15, 0.2) is 42.6 Å². The number of halogens is 1. The fourth-order valence-corrected chi connectivity index (χ4v) is 3.14. The van der Waals surface area contributed by atoms with Crippen LogP contribution in [-0.2, 0) is 9.59 Å². The number of piperidine rings is 1. The number of carbonyl (C=O) groups is 3. The van der Waals surface area contributed by atoms with Crippen LogP contribution >= 0.6 is 11.6 Å². The number of urea groups is 1. The number of aromatic nitrogens is 1. The summed E-state index contributed by atoms with van der Waals surface area (Å²) in [5.41, 5.74) is 0.200. The molecule has 2 heterocycles. The van der Waals surface area contributed by atoms with Gasteiger partial charge in [-0.2, -0.15) is 0 Å². The van der Waals surface area contributed by atoms with Crippen LogP contribution in [0.3, 0.4) is 0 Å². The predicted octanol–water partition coefficient (Wildman–Crippen LogP) is 3.79. The summed E-state index contributed by atoms with van der Waals surface area (Å²) in [5, 5.41) is 8.41. The van der Waals surface area contributed by atoms with Gasteiger partial charge >= 0.3 is 6.03 Å². The van der Waals surface area contributed by atoms with Crippen molar-refractivity contribution in [1.82, 2.24) is 10.3 Å². The van der Waals surface area contributed by atoms with Gasteiger partial charge in [0.2, 0.25) is 11.8 Å². The lowest BCUT2D eigenvalue weighted by molar-refractivity contribution is -0.121. The fourth-order valence-electron chi connectivity index (χ4n) is 3.03. The summed E-state index contributed by atoms with van der Waals surface area (Å²) in [5.74, 6) is 0.0454. The lowest BCUT2D eigenvalue weighted by atomic mass is 10.0. The zero-order valence-electron chi connectivity index (χ0n) is 16.9. The highest BCUT2D eigenvalue weighted by molar-refractivity contribution is 6.30. The predicted molar refractivity (Wildman–Crippen MR) is 117 cm³/mol. The maximum atomic E-state index is 12.7. The highest BCUT2D eigenvalue weighted by Gasteiger charge is 2.30. The first-order valence-electron chi connectivity index (χ1n) is 9.67. The molecule has 3 rings (SSSR count). The first-order valence-corrected chi connectivity index (χ1v) is 10.0. The van der Waals surface area contributed by atoms with E-state index in [1.165, 1.54) is 6.20 Å². The summed E-state index contributed by atoms with van der Waals surface area (Å²) in [6.07, 6.45) is 3.88. The third-order valence-corrected chi connectivity index (χ3v) is 4.95. The number of hydrogen-bond donors (Lipinski definition) is 3. The van der Waals surface area contributed by atoms with Crippen molar-refractivity contribution < 1.29 is 14.4 Å². The lowest BCUT2D eigenvalue weighted by Gasteiger charge is -2.27. The summed E-state index contributed by atoms with van der Waals surface area (Å²) < 4.78 is 0. The van der Waals surface area contributed by atoms with Gasteiger partial charge in [-0.25, -0.2) is 9.78 Å². The average Bonchev–Trinajstić information content (AvgIpc) is 2.70. The Hall–Kier alpha value is -3.13. The molecule has 0 aliphatic carbocycles. The SMILES string of the molecule is CC(C)(NC(=O)Nc1ccc(Cl)cn1)C(=O)Nc1ccc(N2CCCCC2=O)cc1. The minimum absolute atomic E-state index is 0.115. The van der Waals surface area contributed by atoms with E-state index in [9.17, 15) is 14.4 Å². The minimum atomic E-state index is -1.18. The number of anilines is 3. The Morgan fingerprint density at radius 3 is 2.43 bits per heavy atom. The Kier molecular flexibility index (Phi) is 6.56. The largest absolute Gasteiger partial charge is 0.324 e. The summed E-state index contributed by atoms with van der Waals surface area (Å²) in [6.45, 7) is 3.90. The molecule has 30 heavy (non-hydrogen) atoms. The Balaban J connectivity index is 1.57. The number of nitrogens with zero attached hydrogens (tertiary/aromatic N) is 2. The first kappa shape index (κ1) is 21.6. The lowest BCUT2D eigenvalue weighted by Crippen LogP contribution is -2.53. The summed E-state index contributed by atoms with van der Waals surface area (Å²) in [7, 11) is 0. The van der Waals surface area contributed by atoms with Crippen LogP contribution in [0.25, 0.3) is 0 Å². The van der Waals surface area contributed by atoms with Gasteiger partial charge < -0.3 is 15.5 Å². The standard InChI is InChI=1S/C21H24ClN5O3/c1-21(2,26-20(30)25-17-11-6-14(22)13-23-17)19(29)24-15-7-9-16(10-8-15)27-12-4-3-5-18(27)28/h6-11,13H,3-5,12H2,1-2H3,(H,24,29)(H2,23,25,26,30). The molecule has 1 saturated heterocycles. The summed E-state index contributed by atoms with van der Waals surface area (Å²) >= 11 is 5.77. The molecule has 0 atom stereocenters. The van der Waals surface area contributed by atoms with Crippen LogP contribution in [0.5, 0.6) is 0 Å². The summed E-state index contributed by atoms with van der Waals surface area (Å²) in [4.78, 5) is 42.6. The molecule has 4 amide bonds. The molecule has 1 aliphatic rings. The van der Waals surface area contributed by atoms with E-state index in [0.29, 0.717) is 29.5 Å². The maximum Gasteiger partial charge on any atom is 0.321 e. The van der Waals surface area contributed by atoms with Gasteiger partial charge in [0.1, 0.15) is 11.4 Å². The van der Waals surface area contributed by atoms with E-state index in [4.69, 9.17) is 11.6 Å². The van der Waals surface area contributed by atoms with Gasteiger partial charge in [-0.15, -0.1) is 0 Å². The normalized spacial score (nSPS) is 14.2. The Labute approximate surface area is 180 Å². The van der Waals surface area contributed by atoms with Crippen molar-refractivity contribution in [3.8, 4) is 0 Å².